The summed E-state index contributed by atoms with van der Waals surface area (Å²) in [5, 5.41) is 23.9. The van der Waals surface area contributed by atoms with Crippen molar-refractivity contribution in [2.75, 3.05) is 6.54 Å². The quantitative estimate of drug-likeness (QED) is 0.200. The maximum Gasteiger partial charge on any atom is 0.274 e. The van der Waals surface area contributed by atoms with Crippen molar-refractivity contribution in [2.45, 2.75) is 58.3 Å². The molecule has 3 amide bonds. The minimum atomic E-state index is -1.28. The summed E-state index contributed by atoms with van der Waals surface area (Å²) in [6, 6.07) is 2.28. The van der Waals surface area contributed by atoms with E-state index >= 15 is 0 Å². The number of benzene rings is 2. The Balaban J connectivity index is 1.48. The topological polar surface area (TPSA) is 132 Å². The van der Waals surface area contributed by atoms with E-state index in [2.05, 4.69) is 5.32 Å². The molecule has 1 saturated heterocycles. The Hall–Kier alpha value is -4.79. The average Bonchev–Trinajstić information content (AvgIpc) is 3.08. The van der Waals surface area contributed by atoms with Crippen molar-refractivity contribution >= 4 is 17.7 Å². The summed E-state index contributed by atoms with van der Waals surface area (Å²) in [7, 11) is 0. The predicted molar refractivity (Wildman–Crippen MR) is 150 cm³/mol. The Kier molecular flexibility index (Phi) is 8.64. The zero-order valence-corrected chi connectivity index (χ0v) is 24.6. The number of aromatic hydroxyl groups is 1. The fourth-order valence-electron chi connectivity index (χ4n) is 6.08. The van der Waals surface area contributed by atoms with Crippen molar-refractivity contribution in [3.05, 3.63) is 98.2 Å². The summed E-state index contributed by atoms with van der Waals surface area (Å²) in [5.41, 5.74) is -4.24. The summed E-state index contributed by atoms with van der Waals surface area (Å²) in [4.78, 5) is 54.4. The van der Waals surface area contributed by atoms with Crippen LogP contribution >= 0.6 is 0 Å². The SMILES string of the molecule is C[C@H]1CC[C@](C)(CC(=O)N(O)Cc2ccc(F)cc2F)[C@H]2CN1C(=O)c1c(O)c(=O)c(C(=O)NCc3c(F)cc(F)cc3F)cn12. The molecule has 1 aromatic heterocycles. The first-order valence-electron chi connectivity index (χ1n) is 14.2. The Morgan fingerprint density at radius 2 is 1.70 bits per heavy atom. The molecule has 1 fully saturated rings. The van der Waals surface area contributed by atoms with Gasteiger partial charge in [-0.2, -0.15) is 0 Å². The van der Waals surface area contributed by atoms with E-state index in [1.807, 2.05) is 0 Å². The summed E-state index contributed by atoms with van der Waals surface area (Å²) >= 11 is 0. The molecule has 2 aliphatic rings. The zero-order valence-electron chi connectivity index (χ0n) is 24.6. The van der Waals surface area contributed by atoms with Crippen molar-refractivity contribution in [3.63, 3.8) is 0 Å². The number of aromatic nitrogens is 1. The zero-order chi connectivity index (χ0) is 33.7. The highest BCUT2D eigenvalue weighted by molar-refractivity contribution is 5.99. The molecule has 0 aliphatic carbocycles. The molecule has 0 unspecified atom stereocenters. The monoisotopic (exact) mass is 648 g/mol. The van der Waals surface area contributed by atoms with Gasteiger partial charge < -0.3 is 19.9 Å². The van der Waals surface area contributed by atoms with Crippen molar-refractivity contribution in [1.29, 1.82) is 0 Å². The summed E-state index contributed by atoms with van der Waals surface area (Å²) in [6.07, 6.45) is 1.34. The highest BCUT2D eigenvalue weighted by atomic mass is 19.2. The van der Waals surface area contributed by atoms with Gasteiger partial charge in [0.25, 0.3) is 11.8 Å². The Labute approximate surface area is 258 Å². The molecule has 5 rings (SSSR count). The van der Waals surface area contributed by atoms with E-state index in [0.717, 1.165) is 18.3 Å². The molecule has 2 bridgehead atoms. The van der Waals surface area contributed by atoms with Gasteiger partial charge in [0, 0.05) is 61.1 Å². The highest BCUT2D eigenvalue weighted by Crippen LogP contribution is 2.47. The number of carbonyl (C=O) groups is 3. The summed E-state index contributed by atoms with van der Waals surface area (Å²) in [6.45, 7) is 2.06. The number of amides is 3. The van der Waals surface area contributed by atoms with Gasteiger partial charge in [0.15, 0.2) is 11.4 Å². The molecule has 244 valence electrons. The Bertz CT molecular complexity index is 1790. The molecule has 3 heterocycles. The molecule has 0 radical (unpaired) electrons. The Morgan fingerprint density at radius 1 is 1.04 bits per heavy atom. The lowest BCUT2D eigenvalue weighted by atomic mass is 9.74. The van der Waals surface area contributed by atoms with Gasteiger partial charge in [0.05, 0.1) is 12.6 Å². The Morgan fingerprint density at radius 3 is 2.35 bits per heavy atom. The number of hydrogen-bond donors (Lipinski definition) is 3. The van der Waals surface area contributed by atoms with Crippen molar-refractivity contribution in [2.24, 2.45) is 5.41 Å². The number of fused-ring (bicyclic) bond motifs is 4. The molecule has 10 nitrogen and oxygen atoms in total. The molecule has 15 heteroatoms. The molecule has 3 N–H and O–H groups in total. The van der Waals surface area contributed by atoms with Crippen LogP contribution in [0.2, 0.25) is 0 Å². The lowest BCUT2D eigenvalue weighted by Crippen LogP contribution is -2.50. The number of nitrogens with zero attached hydrogens (tertiary/aromatic N) is 3. The second-order valence-electron chi connectivity index (χ2n) is 11.9. The second-order valence-corrected chi connectivity index (χ2v) is 11.9. The largest absolute Gasteiger partial charge is 0.503 e. The van der Waals surface area contributed by atoms with E-state index in [1.165, 1.54) is 9.47 Å². The van der Waals surface area contributed by atoms with Gasteiger partial charge in [0.2, 0.25) is 11.3 Å². The standard InChI is InChI=1S/C31H29F5N4O6/c1-15-5-6-31(2,10-25(41)40(46)12-16-3-4-17(32)7-21(16)34)24-14-38(15)30(45)26-28(43)27(42)20(13-39(24)26)29(44)37-11-19-22(35)8-18(33)9-23(19)36/h3-4,7-9,13,15,24,43,46H,5-6,10-12,14H2,1-2H3,(H,37,44)/t15-,24+,31+/m0/s1. The van der Waals surface area contributed by atoms with Crippen LogP contribution in [0.1, 0.15) is 71.1 Å². The number of pyridine rings is 1. The minimum Gasteiger partial charge on any atom is -0.503 e. The molecule has 0 spiro atoms. The number of nitrogens with one attached hydrogen (secondary N) is 1. The first-order chi connectivity index (χ1) is 21.6. The van der Waals surface area contributed by atoms with Crippen LogP contribution in [0.25, 0.3) is 0 Å². The molecule has 2 aromatic carbocycles. The third kappa shape index (κ3) is 5.94. The van der Waals surface area contributed by atoms with Crippen LogP contribution in [0, 0.1) is 34.5 Å². The average molecular weight is 649 g/mol. The fourth-order valence-corrected chi connectivity index (χ4v) is 6.08. The van der Waals surface area contributed by atoms with E-state index in [0.29, 0.717) is 31.0 Å². The van der Waals surface area contributed by atoms with Crippen LogP contribution in [0.4, 0.5) is 22.0 Å². The second kappa shape index (κ2) is 12.2. The molecule has 3 aromatic rings. The van der Waals surface area contributed by atoms with Crippen LogP contribution in [0.15, 0.2) is 41.3 Å². The van der Waals surface area contributed by atoms with E-state index < -0.39 is 105 Å². The van der Waals surface area contributed by atoms with Gasteiger partial charge in [-0.1, -0.05) is 13.0 Å². The van der Waals surface area contributed by atoms with Crippen molar-refractivity contribution < 1.29 is 46.6 Å². The van der Waals surface area contributed by atoms with Gasteiger partial charge in [-0.3, -0.25) is 24.4 Å². The van der Waals surface area contributed by atoms with Crippen LogP contribution in [-0.4, -0.2) is 55.2 Å². The van der Waals surface area contributed by atoms with E-state index in [4.69, 9.17) is 0 Å². The summed E-state index contributed by atoms with van der Waals surface area (Å²) in [5.74, 6) is -9.27. The fraction of sp³-hybridized carbons (Fsp3) is 0.355. The number of hydrogen-bond acceptors (Lipinski definition) is 6. The smallest absolute Gasteiger partial charge is 0.274 e. The minimum absolute atomic E-state index is 0.00975. The number of carbonyl (C=O) groups excluding carboxylic acids is 3. The predicted octanol–water partition coefficient (Wildman–Crippen LogP) is 4.17. The lowest BCUT2D eigenvalue weighted by molar-refractivity contribution is -0.171. The first kappa shape index (κ1) is 32.6. The summed E-state index contributed by atoms with van der Waals surface area (Å²) < 4.78 is 70.3. The number of halogens is 5. The van der Waals surface area contributed by atoms with Gasteiger partial charge in [0.1, 0.15) is 34.6 Å². The van der Waals surface area contributed by atoms with E-state index in [1.54, 1.807) is 13.8 Å². The third-order valence-corrected chi connectivity index (χ3v) is 8.80. The molecule has 3 atom stereocenters. The normalized spacial score (nSPS) is 20.6. The van der Waals surface area contributed by atoms with E-state index in [9.17, 15) is 51.4 Å². The van der Waals surface area contributed by atoms with Crippen LogP contribution in [-0.2, 0) is 17.9 Å². The van der Waals surface area contributed by atoms with Crippen LogP contribution in [0.5, 0.6) is 5.75 Å². The molecular formula is C31H29F5N4O6. The molecule has 46 heavy (non-hydrogen) atoms. The van der Waals surface area contributed by atoms with Crippen molar-refractivity contribution in [3.8, 4) is 5.75 Å². The van der Waals surface area contributed by atoms with Gasteiger partial charge in [-0.15, -0.1) is 0 Å². The molecular weight excluding hydrogens is 619 g/mol. The lowest BCUT2D eigenvalue weighted by Gasteiger charge is -2.43. The number of rotatable bonds is 7. The number of hydroxylamine groups is 2. The molecule has 0 saturated carbocycles. The maximum atomic E-state index is 14.2. The van der Waals surface area contributed by atoms with Gasteiger partial charge >= 0.3 is 0 Å². The van der Waals surface area contributed by atoms with E-state index in [-0.39, 0.29) is 23.6 Å². The first-order valence-corrected chi connectivity index (χ1v) is 14.2. The highest BCUT2D eigenvalue weighted by Gasteiger charge is 2.48. The van der Waals surface area contributed by atoms with Gasteiger partial charge in [-0.05, 0) is 31.2 Å². The van der Waals surface area contributed by atoms with Crippen LogP contribution in [0.3, 0.4) is 0 Å². The van der Waals surface area contributed by atoms with Crippen LogP contribution < -0.4 is 10.7 Å². The molecule has 2 aliphatic heterocycles. The van der Waals surface area contributed by atoms with Crippen molar-refractivity contribution in [1.82, 2.24) is 19.8 Å². The maximum absolute atomic E-state index is 14.2. The third-order valence-electron chi connectivity index (χ3n) is 8.80. The van der Waals surface area contributed by atoms with Gasteiger partial charge in [-0.25, -0.2) is 27.0 Å².